The molecule has 1 N–H and O–H groups in total. The van der Waals surface area contributed by atoms with E-state index in [9.17, 15) is 0 Å². The molecule has 0 saturated carbocycles. The molecule has 0 fully saturated rings. The van der Waals surface area contributed by atoms with E-state index >= 15 is 0 Å². The summed E-state index contributed by atoms with van der Waals surface area (Å²) in [6.07, 6.45) is 3.56. The summed E-state index contributed by atoms with van der Waals surface area (Å²) in [5.74, 6) is 1.88. The average molecular weight is 276 g/mol. The maximum absolute atomic E-state index is 5.56. The van der Waals surface area contributed by atoms with Gasteiger partial charge in [0.05, 0.1) is 11.9 Å². The minimum atomic E-state index is 0.290. The molecule has 20 heavy (non-hydrogen) atoms. The van der Waals surface area contributed by atoms with E-state index in [0.717, 1.165) is 31.6 Å². The summed E-state index contributed by atoms with van der Waals surface area (Å²) < 4.78 is 10.6. The van der Waals surface area contributed by atoms with E-state index in [1.54, 1.807) is 6.20 Å². The molecule has 2 rings (SSSR count). The number of ether oxygens (including phenoxy) is 1. The first-order chi connectivity index (χ1) is 9.81. The fraction of sp³-hybridized carbons (Fsp3) is 0.500. The van der Waals surface area contributed by atoms with Crippen molar-refractivity contribution in [3.63, 3.8) is 0 Å². The van der Waals surface area contributed by atoms with Crippen molar-refractivity contribution in [2.24, 2.45) is 0 Å². The van der Waals surface area contributed by atoms with Crippen LogP contribution in [-0.2, 0) is 19.6 Å². The zero-order chi connectivity index (χ0) is 14.2. The second kappa shape index (κ2) is 7.59. The molecule has 6 heteroatoms. The van der Waals surface area contributed by atoms with Gasteiger partial charge in [0, 0.05) is 13.0 Å². The highest BCUT2D eigenvalue weighted by Crippen LogP contribution is 2.11. The molecule has 108 valence electrons. The Morgan fingerprint density at radius 2 is 2.20 bits per heavy atom. The summed E-state index contributed by atoms with van der Waals surface area (Å²) in [6.45, 7) is 6.17. The third-order valence-corrected chi connectivity index (χ3v) is 2.71. The van der Waals surface area contributed by atoms with Gasteiger partial charge in [-0.25, -0.2) is 0 Å². The first-order valence-electron chi connectivity index (χ1n) is 6.91. The van der Waals surface area contributed by atoms with Crippen LogP contribution in [0.2, 0.25) is 0 Å². The number of hydrogen-bond acceptors (Lipinski definition) is 6. The second-order valence-electron chi connectivity index (χ2n) is 4.41. The van der Waals surface area contributed by atoms with Crippen molar-refractivity contribution in [1.82, 2.24) is 20.4 Å². The van der Waals surface area contributed by atoms with E-state index in [-0.39, 0.29) is 0 Å². The molecule has 0 spiro atoms. The van der Waals surface area contributed by atoms with E-state index in [4.69, 9.17) is 9.26 Å². The van der Waals surface area contributed by atoms with Crippen LogP contribution >= 0.6 is 0 Å². The van der Waals surface area contributed by atoms with Gasteiger partial charge < -0.3 is 14.6 Å². The normalized spacial score (nSPS) is 10.7. The number of aryl methyl sites for hydroxylation is 1. The van der Waals surface area contributed by atoms with E-state index in [1.807, 2.05) is 19.1 Å². The second-order valence-corrected chi connectivity index (χ2v) is 4.41. The first kappa shape index (κ1) is 14.5. The molecule has 0 aromatic carbocycles. The number of hydrogen-bond donors (Lipinski definition) is 1. The summed E-state index contributed by atoms with van der Waals surface area (Å²) in [7, 11) is 0. The highest BCUT2D eigenvalue weighted by atomic mass is 16.5. The first-order valence-corrected chi connectivity index (χ1v) is 6.91. The SMILES string of the molecule is CCCNCc1ccc(OCc2noc(CC)n2)cn1. The van der Waals surface area contributed by atoms with Gasteiger partial charge in [-0.05, 0) is 25.1 Å². The Labute approximate surface area is 118 Å². The fourth-order valence-corrected chi connectivity index (χ4v) is 1.63. The van der Waals surface area contributed by atoms with Crippen LogP contribution in [0.1, 0.15) is 37.7 Å². The topological polar surface area (TPSA) is 73.1 Å². The average Bonchev–Trinajstić information content (AvgIpc) is 2.95. The smallest absolute Gasteiger partial charge is 0.226 e. The van der Waals surface area contributed by atoms with Crippen LogP contribution < -0.4 is 10.1 Å². The van der Waals surface area contributed by atoms with Gasteiger partial charge in [0.25, 0.3) is 0 Å². The van der Waals surface area contributed by atoms with Crippen LogP contribution in [0.15, 0.2) is 22.9 Å². The maximum Gasteiger partial charge on any atom is 0.226 e. The highest BCUT2D eigenvalue weighted by molar-refractivity contribution is 5.19. The maximum atomic E-state index is 5.56. The van der Waals surface area contributed by atoms with Crippen LogP contribution in [0.25, 0.3) is 0 Å². The lowest BCUT2D eigenvalue weighted by Crippen LogP contribution is -2.14. The van der Waals surface area contributed by atoms with E-state index in [2.05, 4.69) is 27.4 Å². The zero-order valence-electron chi connectivity index (χ0n) is 11.9. The number of rotatable bonds is 8. The van der Waals surface area contributed by atoms with Crippen LogP contribution in [0.4, 0.5) is 0 Å². The van der Waals surface area contributed by atoms with E-state index < -0.39 is 0 Å². The molecule has 0 unspecified atom stereocenters. The predicted molar refractivity (Wildman–Crippen MR) is 74.2 cm³/mol. The van der Waals surface area contributed by atoms with Gasteiger partial charge in [0.1, 0.15) is 5.75 Å². The minimum absolute atomic E-state index is 0.290. The van der Waals surface area contributed by atoms with Gasteiger partial charge in [-0.15, -0.1) is 0 Å². The Kier molecular flexibility index (Phi) is 5.49. The van der Waals surface area contributed by atoms with Crippen LogP contribution in [0.3, 0.4) is 0 Å². The van der Waals surface area contributed by atoms with Crippen molar-refractivity contribution in [2.45, 2.75) is 39.8 Å². The number of nitrogens with zero attached hydrogens (tertiary/aromatic N) is 3. The lowest BCUT2D eigenvalue weighted by atomic mass is 10.3. The Morgan fingerprint density at radius 1 is 1.30 bits per heavy atom. The van der Waals surface area contributed by atoms with Gasteiger partial charge in [0.2, 0.25) is 11.7 Å². The lowest BCUT2D eigenvalue weighted by Gasteiger charge is -2.05. The number of nitrogens with one attached hydrogen (secondary N) is 1. The van der Waals surface area contributed by atoms with E-state index in [1.165, 1.54) is 0 Å². The van der Waals surface area contributed by atoms with Crippen molar-refractivity contribution in [1.29, 1.82) is 0 Å². The largest absolute Gasteiger partial charge is 0.484 e. The number of aromatic nitrogens is 3. The molecule has 2 aromatic heterocycles. The molecule has 0 atom stereocenters. The van der Waals surface area contributed by atoms with Gasteiger partial charge in [-0.3, -0.25) is 4.98 Å². The fourth-order valence-electron chi connectivity index (χ4n) is 1.63. The van der Waals surface area contributed by atoms with Gasteiger partial charge in [0.15, 0.2) is 6.61 Å². The Hall–Kier alpha value is -1.95. The molecular formula is C14H20N4O2. The third kappa shape index (κ3) is 4.31. The van der Waals surface area contributed by atoms with Crippen LogP contribution in [0, 0.1) is 0 Å². The molecule has 2 heterocycles. The quantitative estimate of drug-likeness (QED) is 0.744. The van der Waals surface area contributed by atoms with Crippen molar-refractivity contribution >= 4 is 0 Å². The van der Waals surface area contributed by atoms with Crippen molar-refractivity contribution in [3.05, 3.63) is 35.7 Å². The monoisotopic (exact) mass is 276 g/mol. The summed E-state index contributed by atoms with van der Waals surface area (Å²) in [5, 5.41) is 7.13. The Balaban J connectivity index is 1.81. The van der Waals surface area contributed by atoms with Gasteiger partial charge >= 0.3 is 0 Å². The van der Waals surface area contributed by atoms with Crippen LogP contribution in [0.5, 0.6) is 5.75 Å². The summed E-state index contributed by atoms with van der Waals surface area (Å²) >= 11 is 0. The summed E-state index contributed by atoms with van der Waals surface area (Å²) in [4.78, 5) is 8.51. The van der Waals surface area contributed by atoms with E-state index in [0.29, 0.717) is 24.1 Å². The van der Waals surface area contributed by atoms with Crippen molar-refractivity contribution in [2.75, 3.05) is 6.54 Å². The van der Waals surface area contributed by atoms with Gasteiger partial charge in [-0.2, -0.15) is 4.98 Å². The third-order valence-electron chi connectivity index (χ3n) is 2.71. The molecule has 0 aliphatic heterocycles. The molecule has 0 aliphatic carbocycles. The van der Waals surface area contributed by atoms with Gasteiger partial charge in [-0.1, -0.05) is 19.0 Å². The molecular weight excluding hydrogens is 256 g/mol. The molecule has 2 aromatic rings. The minimum Gasteiger partial charge on any atom is -0.484 e. The highest BCUT2D eigenvalue weighted by Gasteiger charge is 2.05. The Bertz CT molecular complexity index is 510. The molecule has 0 saturated heterocycles. The van der Waals surface area contributed by atoms with Crippen molar-refractivity contribution < 1.29 is 9.26 Å². The number of pyridine rings is 1. The molecule has 0 aliphatic rings. The molecule has 0 bridgehead atoms. The van der Waals surface area contributed by atoms with Crippen LogP contribution in [-0.4, -0.2) is 21.7 Å². The molecule has 0 amide bonds. The zero-order valence-corrected chi connectivity index (χ0v) is 11.9. The summed E-state index contributed by atoms with van der Waals surface area (Å²) in [5.41, 5.74) is 0.999. The van der Waals surface area contributed by atoms with Crippen molar-refractivity contribution in [3.8, 4) is 5.75 Å². The standard InChI is InChI=1S/C14H20N4O2/c1-3-7-15-8-11-5-6-12(9-16-11)19-10-13-17-14(4-2)20-18-13/h5-6,9,15H,3-4,7-8,10H2,1-2H3. The molecule has 6 nitrogen and oxygen atoms in total. The Morgan fingerprint density at radius 3 is 2.85 bits per heavy atom. The predicted octanol–water partition coefficient (Wildman–Crippen LogP) is 2.11. The molecule has 0 radical (unpaired) electrons. The summed E-state index contributed by atoms with van der Waals surface area (Å²) in [6, 6.07) is 3.85. The lowest BCUT2D eigenvalue weighted by molar-refractivity contribution is 0.284.